The molecule has 444 valence electrons. The number of rotatable bonds is 45. The molecule has 0 heterocycles. The van der Waals surface area contributed by atoms with E-state index in [1.54, 1.807) is 44.5 Å². The van der Waals surface area contributed by atoms with Gasteiger partial charge in [0.05, 0.1) is 0 Å². The molecule has 0 bridgehead atoms. The first-order valence-corrected chi connectivity index (χ1v) is 34.7. The molecule has 0 aromatic heterocycles. The summed E-state index contributed by atoms with van der Waals surface area (Å²) in [5.74, 6) is 1.99. The average molecular weight is 1080 g/mol. The van der Waals surface area contributed by atoms with Crippen molar-refractivity contribution < 1.29 is 5.11 Å². The van der Waals surface area contributed by atoms with E-state index in [0.29, 0.717) is 17.6 Å². The lowest BCUT2D eigenvalue weighted by Gasteiger charge is -2.35. The Labute approximate surface area is 491 Å². The lowest BCUT2D eigenvalue weighted by atomic mass is 9.69. The van der Waals surface area contributed by atoms with Crippen LogP contribution in [0, 0.1) is 0 Å². The van der Waals surface area contributed by atoms with Crippen molar-refractivity contribution in [1.29, 1.82) is 0 Å². The van der Waals surface area contributed by atoms with Crippen LogP contribution in [0.15, 0.2) is 66.7 Å². The van der Waals surface area contributed by atoms with Crippen LogP contribution < -0.4 is 0 Å². The fourth-order valence-corrected chi connectivity index (χ4v) is 13.9. The quantitative estimate of drug-likeness (QED) is 0.0438. The molecule has 0 saturated carbocycles. The standard InChI is InChI=1S/C78H126O/c1-13-19-25-31-37-46-66-49-43-55-69(73(66)52-40-34-28-22-16-4)60(7)61(8)72-58-59-76(79)78(65(12)63(10)71-57-45-51-68(48-39-33-27-21-15-3)75(71)54-42-36-30-24-18-6)77(72)64(11)62(9)70-56-44-50-67(47-38-32-26-20-14-2)74(70)53-41-35-29-23-17-5/h43-45,49-51,55-65,79H,13-42,46-48,52-54H2,1-12H3. The highest BCUT2D eigenvalue weighted by Crippen LogP contribution is 2.50. The Kier molecular flexibility index (Phi) is 34.5. The van der Waals surface area contributed by atoms with E-state index in [9.17, 15) is 5.11 Å². The van der Waals surface area contributed by atoms with Gasteiger partial charge in [-0.2, -0.15) is 0 Å². The molecule has 4 rings (SSSR count). The number of hydrogen-bond acceptors (Lipinski definition) is 1. The lowest BCUT2D eigenvalue weighted by Crippen LogP contribution is -2.19. The molecule has 6 atom stereocenters. The molecular weight excluding hydrogens is 953 g/mol. The first-order chi connectivity index (χ1) is 38.5. The smallest absolute Gasteiger partial charge is 0.119 e. The van der Waals surface area contributed by atoms with Crippen LogP contribution in [0.2, 0.25) is 0 Å². The van der Waals surface area contributed by atoms with E-state index in [-0.39, 0.29) is 23.7 Å². The van der Waals surface area contributed by atoms with E-state index in [1.165, 1.54) is 247 Å². The molecule has 0 aliphatic rings. The first kappa shape index (κ1) is 68.2. The van der Waals surface area contributed by atoms with Crippen molar-refractivity contribution in [3.63, 3.8) is 0 Å². The van der Waals surface area contributed by atoms with Crippen LogP contribution in [0.3, 0.4) is 0 Å². The molecule has 4 aromatic rings. The maximum Gasteiger partial charge on any atom is 0.119 e. The number of unbranched alkanes of at least 4 members (excludes halogenated alkanes) is 24. The van der Waals surface area contributed by atoms with Crippen LogP contribution in [-0.4, -0.2) is 5.11 Å². The minimum absolute atomic E-state index is 0.132. The summed E-state index contributed by atoms with van der Waals surface area (Å²) in [4.78, 5) is 0. The SMILES string of the molecule is CCCCCCCc1cccc(C(C)C(C)c2ccc(O)c(C(C)C(C)c3cccc(CCCCCCC)c3CCCCCCC)c2C(C)C(C)c2cccc(CCCCCCC)c2CCCCCCC)c1CCCCCCC. The number of aromatic hydroxyl groups is 1. The predicted molar refractivity (Wildman–Crippen MR) is 353 cm³/mol. The molecule has 0 fully saturated rings. The van der Waals surface area contributed by atoms with Gasteiger partial charge in [0.2, 0.25) is 0 Å². The van der Waals surface area contributed by atoms with Crippen molar-refractivity contribution in [3.05, 3.63) is 133 Å². The molecule has 1 nitrogen and oxygen atoms in total. The Morgan fingerprint density at radius 2 is 0.506 bits per heavy atom. The number of phenols is 1. The summed E-state index contributed by atoms with van der Waals surface area (Å²) in [7, 11) is 0. The van der Waals surface area contributed by atoms with Gasteiger partial charge in [-0.05, 0) is 180 Å². The van der Waals surface area contributed by atoms with Gasteiger partial charge in [-0.3, -0.25) is 0 Å². The molecule has 0 aliphatic heterocycles. The van der Waals surface area contributed by atoms with Crippen LogP contribution in [0.5, 0.6) is 5.75 Å². The van der Waals surface area contributed by atoms with Gasteiger partial charge in [0.1, 0.15) is 5.75 Å². The average Bonchev–Trinajstić information content (AvgIpc) is 3.58. The monoisotopic (exact) mass is 1080 g/mol. The summed E-state index contributed by atoms with van der Waals surface area (Å²) in [6.45, 7) is 29.2. The van der Waals surface area contributed by atoms with Gasteiger partial charge in [-0.1, -0.05) is 298 Å². The molecular formula is C78H126O. The van der Waals surface area contributed by atoms with Crippen molar-refractivity contribution in [2.24, 2.45) is 0 Å². The van der Waals surface area contributed by atoms with Crippen molar-refractivity contribution in [2.75, 3.05) is 0 Å². The third-order valence-electron chi connectivity index (χ3n) is 19.6. The number of phenolic OH excluding ortho intramolecular Hbond substituents is 1. The summed E-state index contributed by atoms with van der Waals surface area (Å²) in [6, 6.07) is 26.7. The second kappa shape index (κ2) is 40.0. The van der Waals surface area contributed by atoms with Gasteiger partial charge in [-0.25, -0.2) is 0 Å². The fourth-order valence-electron chi connectivity index (χ4n) is 13.9. The maximum atomic E-state index is 12.8. The molecule has 0 aliphatic carbocycles. The Morgan fingerprint density at radius 3 is 0.810 bits per heavy atom. The van der Waals surface area contributed by atoms with Crippen LogP contribution in [0.25, 0.3) is 0 Å². The second-order valence-electron chi connectivity index (χ2n) is 25.7. The largest absolute Gasteiger partial charge is 0.508 e. The molecule has 1 N–H and O–H groups in total. The predicted octanol–water partition coefficient (Wildman–Crippen LogP) is 25.2. The third kappa shape index (κ3) is 22.1. The van der Waals surface area contributed by atoms with E-state index >= 15 is 0 Å². The molecule has 1 heteroatoms. The van der Waals surface area contributed by atoms with Crippen LogP contribution >= 0.6 is 0 Å². The van der Waals surface area contributed by atoms with Crippen LogP contribution in [0.4, 0.5) is 0 Å². The van der Waals surface area contributed by atoms with Crippen molar-refractivity contribution in [2.45, 2.75) is 350 Å². The zero-order valence-electron chi connectivity index (χ0n) is 54.2. The Hall–Kier alpha value is -3.32. The number of hydrogen-bond donors (Lipinski definition) is 1. The topological polar surface area (TPSA) is 20.2 Å². The highest BCUT2D eigenvalue weighted by molar-refractivity contribution is 5.54. The highest BCUT2D eigenvalue weighted by atomic mass is 16.3. The minimum Gasteiger partial charge on any atom is -0.508 e. The Morgan fingerprint density at radius 1 is 0.253 bits per heavy atom. The molecule has 0 radical (unpaired) electrons. The summed E-state index contributed by atoms with van der Waals surface area (Å²) in [6.07, 6.45) is 46.5. The van der Waals surface area contributed by atoms with Gasteiger partial charge in [0.15, 0.2) is 0 Å². The zero-order chi connectivity index (χ0) is 57.2. The van der Waals surface area contributed by atoms with Crippen molar-refractivity contribution in [3.8, 4) is 5.75 Å². The van der Waals surface area contributed by atoms with Gasteiger partial charge in [0.25, 0.3) is 0 Å². The fraction of sp³-hybridized carbons (Fsp3) is 0.692. The first-order valence-electron chi connectivity index (χ1n) is 34.7. The van der Waals surface area contributed by atoms with E-state index in [1.807, 2.05) is 0 Å². The van der Waals surface area contributed by atoms with Crippen molar-refractivity contribution >= 4 is 0 Å². The van der Waals surface area contributed by atoms with Gasteiger partial charge < -0.3 is 5.11 Å². The zero-order valence-corrected chi connectivity index (χ0v) is 54.2. The lowest BCUT2D eigenvalue weighted by molar-refractivity contribution is 0.448. The van der Waals surface area contributed by atoms with Gasteiger partial charge in [0, 0.05) is 5.56 Å². The maximum absolute atomic E-state index is 12.8. The van der Waals surface area contributed by atoms with E-state index in [4.69, 9.17) is 0 Å². The third-order valence-corrected chi connectivity index (χ3v) is 19.6. The Balaban J connectivity index is 1.94. The molecule has 4 aromatic carbocycles. The summed E-state index contributed by atoms with van der Waals surface area (Å²) >= 11 is 0. The summed E-state index contributed by atoms with van der Waals surface area (Å²) in [5, 5.41) is 12.8. The minimum atomic E-state index is 0.132. The highest BCUT2D eigenvalue weighted by Gasteiger charge is 2.34. The normalized spacial score (nSPS) is 14.1. The second-order valence-corrected chi connectivity index (χ2v) is 25.7. The van der Waals surface area contributed by atoms with E-state index < -0.39 is 0 Å². The number of benzene rings is 4. The number of aryl methyl sites for hydroxylation is 3. The summed E-state index contributed by atoms with van der Waals surface area (Å²) < 4.78 is 0. The van der Waals surface area contributed by atoms with Gasteiger partial charge in [-0.15, -0.1) is 0 Å². The molecule has 0 spiro atoms. The van der Waals surface area contributed by atoms with Crippen molar-refractivity contribution in [1.82, 2.24) is 0 Å². The van der Waals surface area contributed by atoms with Gasteiger partial charge >= 0.3 is 0 Å². The summed E-state index contributed by atoms with van der Waals surface area (Å²) in [5.41, 5.74) is 18.5. The Bertz CT molecular complexity index is 2210. The molecule has 6 unspecified atom stereocenters. The molecule has 0 amide bonds. The molecule has 79 heavy (non-hydrogen) atoms. The van der Waals surface area contributed by atoms with E-state index in [2.05, 4.69) is 150 Å². The van der Waals surface area contributed by atoms with E-state index in [0.717, 1.165) is 6.42 Å². The van der Waals surface area contributed by atoms with Crippen LogP contribution in [0.1, 0.15) is 378 Å². The van der Waals surface area contributed by atoms with Crippen LogP contribution in [-0.2, 0) is 38.5 Å². The molecule has 0 saturated heterocycles.